The van der Waals surface area contributed by atoms with Gasteiger partial charge in [-0.2, -0.15) is 0 Å². The van der Waals surface area contributed by atoms with Crippen molar-refractivity contribution in [1.82, 2.24) is 0 Å². The average Bonchev–Trinajstić information content (AvgIpc) is 2.89. The van der Waals surface area contributed by atoms with E-state index < -0.39 is 5.79 Å². The molecule has 0 radical (unpaired) electrons. The van der Waals surface area contributed by atoms with Gasteiger partial charge in [-0.25, -0.2) is 0 Å². The van der Waals surface area contributed by atoms with Crippen LogP contribution in [0, 0.1) is 0 Å². The highest BCUT2D eigenvalue weighted by Crippen LogP contribution is 2.36. The summed E-state index contributed by atoms with van der Waals surface area (Å²) in [6, 6.07) is 7.88. The Morgan fingerprint density at radius 1 is 1.17 bits per heavy atom. The topological polar surface area (TPSA) is 53.7 Å². The Bertz CT molecular complexity index is 358. The summed E-state index contributed by atoms with van der Waals surface area (Å²) in [5.74, 6) is 0.260. The molecule has 1 aliphatic heterocycles. The van der Waals surface area contributed by atoms with E-state index in [1.54, 1.807) is 7.11 Å². The summed E-state index contributed by atoms with van der Waals surface area (Å²) in [6.07, 6.45) is 2.84. The Morgan fingerprint density at radius 3 is 2.39 bits per heavy atom. The van der Waals surface area contributed by atoms with Crippen LogP contribution in [0.1, 0.15) is 24.8 Å². The van der Waals surface area contributed by atoms with Crippen LogP contribution >= 0.6 is 0 Å². The van der Waals surface area contributed by atoms with Gasteiger partial charge in [0, 0.05) is 12.0 Å². The third-order valence-corrected chi connectivity index (χ3v) is 3.24. The van der Waals surface area contributed by atoms with Crippen molar-refractivity contribution in [2.75, 3.05) is 26.9 Å². The van der Waals surface area contributed by atoms with Crippen molar-refractivity contribution in [1.29, 1.82) is 0 Å². The highest BCUT2D eigenvalue weighted by Gasteiger charge is 2.37. The number of ether oxygens (including phenoxy) is 3. The van der Waals surface area contributed by atoms with Gasteiger partial charge in [0.1, 0.15) is 5.75 Å². The van der Waals surface area contributed by atoms with Crippen LogP contribution in [-0.2, 0) is 15.3 Å². The van der Waals surface area contributed by atoms with E-state index in [1.165, 1.54) is 0 Å². The summed E-state index contributed by atoms with van der Waals surface area (Å²) >= 11 is 0. The monoisotopic (exact) mass is 251 g/mol. The highest BCUT2D eigenvalue weighted by atomic mass is 16.7. The quantitative estimate of drug-likeness (QED) is 0.786. The van der Waals surface area contributed by atoms with E-state index in [2.05, 4.69) is 0 Å². The van der Waals surface area contributed by atoms with Crippen LogP contribution in [0.15, 0.2) is 24.3 Å². The third kappa shape index (κ3) is 2.83. The molecular formula is C14H21NO3. The lowest BCUT2D eigenvalue weighted by molar-refractivity contribution is -0.171. The zero-order chi connectivity index (χ0) is 12.8. The molecule has 1 aromatic rings. The maximum Gasteiger partial charge on any atom is 0.194 e. The van der Waals surface area contributed by atoms with Gasteiger partial charge in [0.15, 0.2) is 5.79 Å². The Balaban J connectivity index is 2.12. The molecule has 0 saturated carbocycles. The fraction of sp³-hybridized carbons (Fsp3) is 0.571. The zero-order valence-electron chi connectivity index (χ0n) is 10.9. The Kier molecular flexibility index (Phi) is 4.58. The van der Waals surface area contributed by atoms with Gasteiger partial charge in [-0.15, -0.1) is 0 Å². The average molecular weight is 251 g/mol. The van der Waals surface area contributed by atoms with Crippen LogP contribution in [0.25, 0.3) is 0 Å². The van der Waals surface area contributed by atoms with E-state index in [1.807, 2.05) is 24.3 Å². The van der Waals surface area contributed by atoms with Crippen molar-refractivity contribution in [2.24, 2.45) is 5.73 Å². The molecular weight excluding hydrogens is 230 g/mol. The van der Waals surface area contributed by atoms with Crippen molar-refractivity contribution in [2.45, 2.75) is 25.0 Å². The molecule has 2 rings (SSSR count). The van der Waals surface area contributed by atoms with Crippen molar-refractivity contribution < 1.29 is 14.2 Å². The summed E-state index contributed by atoms with van der Waals surface area (Å²) in [6.45, 7) is 2.00. The predicted molar refractivity (Wildman–Crippen MR) is 69.5 cm³/mol. The van der Waals surface area contributed by atoms with Gasteiger partial charge in [-0.3, -0.25) is 0 Å². The van der Waals surface area contributed by atoms with Crippen LogP contribution in [-0.4, -0.2) is 26.9 Å². The van der Waals surface area contributed by atoms with E-state index >= 15 is 0 Å². The van der Waals surface area contributed by atoms with Crippen molar-refractivity contribution in [3.63, 3.8) is 0 Å². The van der Waals surface area contributed by atoms with E-state index in [0.29, 0.717) is 19.8 Å². The summed E-state index contributed by atoms with van der Waals surface area (Å²) in [4.78, 5) is 0. The first-order chi connectivity index (χ1) is 8.80. The summed E-state index contributed by atoms with van der Waals surface area (Å²) in [5, 5.41) is 0. The van der Waals surface area contributed by atoms with Crippen LogP contribution in [0.5, 0.6) is 5.75 Å². The normalized spacial score (nSPS) is 17.9. The molecule has 0 aromatic heterocycles. The molecule has 1 aliphatic rings. The van der Waals surface area contributed by atoms with Crippen LogP contribution in [0.4, 0.5) is 0 Å². The fourth-order valence-electron chi connectivity index (χ4n) is 2.26. The van der Waals surface area contributed by atoms with Gasteiger partial charge in [-0.05, 0) is 43.7 Å². The predicted octanol–water partition coefficient (Wildman–Crippen LogP) is 2.02. The van der Waals surface area contributed by atoms with Gasteiger partial charge in [-0.1, -0.05) is 0 Å². The summed E-state index contributed by atoms with van der Waals surface area (Å²) in [7, 11) is 1.66. The minimum atomic E-state index is -0.582. The number of methoxy groups -OCH3 is 1. The highest BCUT2D eigenvalue weighted by molar-refractivity contribution is 5.30. The van der Waals surface area contributed by atoms with Gasteiger partial charge in [0.05, 0.1) is 20.3 Å². The number of unbranched alkanes of at least 4 members (excludes halogenated alkanes) is 1. The largest absolute Gasteiger partial charge is 0.497 e. The Morgan fingerprint density at radius 2 is 1.83 bits per heavy atom. The van der Waals surface area contributed by atoms with Crippen molar-refractivity contribution in [3.8, 4) is 5.75 Å². The molecule has 1 fully saturated rings. The number of benzene rings is 1. The summed E-state index contributed by atoms with van der Waals surface area (Å²) < 4.78 is 16.9. The molecule has 2 N–H and O–H groups in total. The first-order valence-electron chi connectivity index (χ1n) is 6.43. The van der Waals surface area contributed by atoms with E-state index in [0.717, 1.165) is 30.6 Å². The van der Waals surface area contributed by atoms with E-state index in [4.69, 9.17) is 19.9 Å². The van der Waals surface area contributed by atoms with Crippen LogP contribution in [0.3, 0.4) is 0 Å². The molecule has 1 aromatic carbocycles. The lowest BCUT2D eigenvalue weighted by Crippen LogP contribution is -2.27. The number of hydrogen-bond donors (Lipinski definition) is 1. The number of nitrogens with two attached hydrogens (primary N) is 1. The second-order valence-corrected chi connectivity index (χ2v) is 4.42. The maximum atomic E-state index is 5.84. The van der Waals surface area contributed by atoms with Crippen molar-refractivity contribution >= 4 is 0 Å². The number of hydrogen-bond acceptors (Lipinski definition) is 4. The third-order valence-electron chi connectivity index (χ3n) is 3.24. The summed E-state index contributed by atoms with van der Waals surface area (Å²) in [5.41, 5.74) is 6.59. The minimum absolute atomic E-state index is 0.582. The molecule has 18 heavy (non-hydrogen) atoms. The fourth-order valence-corrected chi connectivity index (χ4v) is 2.26. The molecule has 0 unspecified atom stereocenters. The van der Waals surface area contributed by atoms with E-state index in [-0.39, 0.29) is 0 Å². The van der Waals surface area contributed by atoms with Gasteiger partial charge >= 0.3 is 0 Å². The molecule has 0 bridgehead atoms. The standard InChI is InChI=1S/C14H21NO3/c1-16-13-6-4-12(5-7-13)14(8-2-3-9-15)17-10-11-18-14/h4-7H,2-3,8-11,15H2,1H3. The molecule has 4 heteroatoms. The maximum absolute atomic E-state index is 5.84. The lowest BCUT2D eigenvalue weighted by atomic mass is 9.99. The molecule has 0 spiro atoms. The second kappa shape index (κ2) is 6.18. The molecule has 0 aliphatic carbocycles. The second-order valence-electron chi connectivity index (χ2n) is 4.42. The SMILES string of the molecule is COc1ccc(C2(CCCCN)OCCO2)cc1. The van der Waals surface area contributed by atoms with Gasteiger partial charge in [0.2, 0.25) is 0 Å². The van der Waals surface area contributed by atoms with Crippen molar-refractivity contribution in [3.05, 3.63) is 29.8 Å². The van der Waals surface area contributed by atoms with Gasteiger partial charge < -0.3 is 19.9 Å². The minimum Gasteiger partial charge on any atom is -0.497 e. The molecule has 1 saturated heterocycles. The molecule has 100 valence electrons. The zero-order valence-corrected chi connectivity index (χ0v) is 10.9. The molecule has 4 nitrogen and oxygen atoms in total. The molecule has 0 atom stereocenters. The Hall–Kier alpha value is -1.10. The first-order valence-corrected chi connectivity index (χ1v) is 6.43. The Labute approximate surface area is 108 Å². The van der Waals surface area contributed by atoms with Crippen LogP contribution < -0.4 is 10.5 Å². The van der Waals surface area contributed by atoms with E-state index in [9.17, 15) is 0 Å². The molecule has 0 amide bonds. The lowest BCUT2D eigenvalue weighted by Gasteiger charge is -2.28. The molecule has 1 heterocycles. The first kappa shape index (κ1) is 13.3. The number of rotatable bonds is 6. The van der Waals surface area contributed by atoms with Gasteiger partial charge in [0.25, 0.3) is 0 Å². The van der Waals surface area contributed by atoms with Crippen LogP contribution in [0.2, 0.25) is 0 Å². The smallest absolute Gasteiger partial charge is 0.194 e.